The van der Waals surface area contributed by atoms with Gasteiger partial charge in [0.1, 0.15) is 11.6 Å². The van der Waals surface area contributed by atoms with Crippen molar-refractivity contribution in [3.8, 4) is 0 Å². The van der Waals surface area contributed by atoms with E-state index in [0.717, 1.165) is 43.4 Å². The second-order valence-corrected chi connectivity index (χ2v) is 6.10. The quantitative estimate of drug-likeness (QED) is 0.886. The Morgan fingerprint density at radius 2 is 1.95 bits per heavy atom. The number of hydrogen-bond donors (Lipinski definition) is 1. The van der Waals surface area contributed by atoms with Gasteiger partial charge in [0, 0.05) is 18.9 Å². The summed E-state index contributed by atoms with van der Waals surface area (Å²) in [5, 5.41) is 18.1. The smallest absolute Gasteiger partial charge is 0.138 e. The number of likely N-dealkylation sites (tertiary alicyclic amines) is 1. The molecular formula is C14H24N4O. The Morgan fingerprint density at radius 1 is 1.16 bits per heavy atom. The zero-order valence-corrected chi connectivity index (χ0v) is 11.8. The topological polar surface area (TPSA) is 54.2 Å². The molecular weight excluding hydrogens is 240 g/mol. The lowest BCUT2D eigenvalue weighted by atomic mass is 9.93. The average Bonchev–Trinajstić information content (AvgIpc) is 2.84. The van der Waals surface area contributed by atoms with Crippen LogP contribution in [0.15, 0.2) is 0 Å². The van der Waals surface area contributed by atoms with Crippen molar-refractivity contribution in [2.75, 3.05) is 26.7 Å². The summed E-state index contributed by atoms with van der Waals surface area (Å²) in [5.74, 6) is 3.10. The third kappa shape index (κ3) is 2.67. The molecule has 3 heterocycles. The highest BCUT2D eigenvalue weighted by molar-refractivity contribution is 5.06. The lowest BCUT2D eigenvalue weighted by molar-refractivity contribution is 0.214. The van der Waals surface area contributed by atoms with Gasteiger partial charge in [-0.15, -0.1) is 10.2 Å². The first kappa shape index (κ1) is 13.1. The molecule has 1 atom stereocenters. The van der Waals surface area contributed by atoms with E-state index >= 15 is 0 Å². The monoisotopic (exact) mass is 264 g/mol. The highest BCUT2D eigenvalue weighted by atomic mass is 16.3. The molecule has 0 amide bonds. The van der Waals surface area contributed by atoms with Crippen molar-refractivity contribution in [1.82, 2.24) is 19.7 Å². The molecule has 0 aliphatic carbocycles. The Morgan fingerprint density at radius 3 is 2.68 bits per heavy atom. The van der Waals surface area contributed by atoms with E-state index in [-0.39, 0.29) is 12.5 Å². The Balaban J connectivity index is 1.70. The number of nitrogens with zero attached hydrogens (tertiary/aromatic N) is 4. The molecule has 0 bridgehead atoms. The molecule has 106 valence electrons. The van der Waals surface area contributed by atoms with Crippen molar-refractivity contribution >= 4 is 0 Å². The first-order chi connectivity index (χ1) is 9.28. The SMILES string of the molecule is CN1CCC(Cc2nnc3n2CCCC3CO)CC1. The number of aliphatic hydroxyl groups excluding tert-OH is 1. The van der Waals surface area contributed by atoms with Gasteiger partial charge < -0.3 is 14.6 Å². The minimum atomic E-state index is 0.201. The molecule has 2 aliphatic rings. The van der Waals surface area contributed by atoms with Crippen molar-refractivity contribution in [2.45, 2.75) is 44.6 Å². The van der Waals surface area contributed by atoms with Crippen molar-refractivity contribution < 1.29 is 5.11 Å². The zero-order valence-electron chi connectivity index (χ0n) is 11.8. The van der Waals surface area contributed by atoms with Crippen molar-refractivity contribution in [1.29, 1.82) is 0 Å². The van der Waals surface area contributed by atoms with Gasteiger partial charge in [0.15, 0.2) is 0 Å². The van der Waals surface area contributed by atoms with Crippen LogP contribution in [0.4, 0.5) is 0 Å². The Labute approximate surface area is 114 Å². The average molecular weight is 264 g/mol. The fourth-order valence-corrected chi connectivity index (χ4v) is 3.37. The Kier molecular flexibility index (Phi) is 3.84. The lowest BCUT2D eigenvalue weighted by Crippen LogP contribution is -2.31. The minimum absolute atomic E-state index is 0.201. The van der Waals surface area contributed by atoms with Gasteiger partial charge in [-0.1, -0.05) is 0 Å². The van der Waals surface area contributed by atoms with Crippen molar-refractivity contribution in [3.63, 3.8) is 0 Å². The fraction of sp³-hybridized carbons (Fsp3) is 0.857. The van der Waals surface area contributed by atoms with Crippen LogP contribution in [0.3, 0.4) is 0 Å². The van der Waals surface area contributed by atoms with Crippen LogP contribution < -0.4 is 0 Å². The standard InChI is InChI=1S/C14H24N4O/c1-17-7-4-11(5-8-17)9-13-15-16-14-12(10-19)3-2-6-18(13)14/h11-12,19H,2-10H2,1H3. The molecule has 0 spiro atoms. The van der Waals surface area contributed by atoms with Crippen LogP contribution in [-0.2, 0) is 13.0 Å². The molecule has 5 heteroatoms. The molecule has 1 unspecified atom stereocenters. The van der Waals surface area contributed by atoms with Gasteiger partial charge in [-0.2, -0.15) is 0 Å². The molecule has 0 saturated carbocycles. The summed E-state index contributed by atoms with van der Waals surface area (Å²) in [6, 6.07) is 0. The predicted molar refractivity (Wildman–Crippen MR) is 73.0 cm³/mol. The van der Waals surface area contributed by atoms with Gasteiger partial charge in [-0.25, -0.2) is 0 Å². The van der Waals surface area contributed by atoms with Crippen LogP contribution >= 0.6 is 0 Å². The summed E-state index contributed by atoms with van der Waals surface area (Å²) in [5.41, 5.74) is 0. The molecule has 1 fully saturated rings. The maximum Gasteiger partial charge on any atom is 0.138 e. The van der Waals surface area contributed by atoms with Gasteiger partial charge >= 0.3 is 0 Å². The van der Waals surface area contributed by atoms with E-state index in [1.807, 2.05) is 0 Å². The first-order valence-electron chi connectivity index (χ1n) is 7.49. The number of aliphatic hydroxyl groups is 1. The molecule has 1 saturated heterocycles. The summed E-state index contributed by atoms with van der Waals surface area (Å²) in [4.78, 5) is 2.40. The largest absolute Gasteiger partial charge is 0.396 e. The third-order valence-electron chi connectivity index (χ3n) is 4.69. The molecule has 1 N–H and O–H groups in total. The van der Waals surface area contributed by atoms with Gasteiger partial charge in [0.2, 0.25) is 0 Å². The van der Waals surface area contributed by atoms with Crippen LogP contribution in [0.25, 0.3) is 0 Å². The third-order valence-corrected chi connectivity index (χ3v) is 4.69. The molecule has 19 heavy (non-hydrogen) atoms. The van der Waals surface area contributed by atoms with Gasteiger partial charge in [0.25, 0.3) is 0 Å². The van der Waals surface area contributed by atoms with Crippen molar-refractivity contribution in [3.05, 3.63) is 11.6 Å². The minimum Gasteiger partial charge on any atom is -0.396 e. The van der Waals surface area contributed by atoms with Gasteiger partial charge in [-0.05, 0) is 51.7 Å². The van der Waals surface area contributed by atoms with Crippen molar-refractivity contribution in [2.24, 2.45) is 5.92 Å². The summed E-state index contributed by atoms with van der Waals surface area (Å²) >= 11 is 0. The molecule has 1 aromatic rings. The number of rotatable bonds is 3. The summed E-state index contributed by atoms with van der Waals surface area (Å²) in [6.07, 6.45) is 5.77. The number of hydrogen-bond acceptors (Lipinski definition) is 4. The van der Waals surface area contributed by atoms with E-state index in [1.54, 1.807) is 0 Å². The Bertz CT molecular complexity index is 423. The predicted octanol–water partition coefficient (Wildman–Crippen LogP) is 1.03. The maximum absolute atomic E-state index is 9.41. The normalized spacial score (nSPS) is 25.5. The maximum atomic E-state index is 9.41. The summed E-state index contributed by atoms with van der Waals surface area (Å²) in [6.45, 7) is 3.63. The molecule has 5 nitrogen and oxygen atoms in total. The highest BCUT2D eigenvalue weighted by Crippen LogP contribution is 2.28. The van der Waals surface area contributed by atoms with Crippen LogP contribution in [0, 0.1) is 5.92 Å². The van der Waals surface area contributed by atoms with Gasteiger partial charge in [0.05, 0.1) is 6.61 Å². The molecule has 1 aromatic heterocycles. The van der Waals surface area contributed by atoms with E-state index in [9.17, 15) is 5.11 Å². The van der Waals surface area contributed by atoms with Crippen LogP contribution in [0.2, 0.25) is 0 Å². The number of fused-ring (bicyclic) bond motifs is 1. The van der Waals surface area contributed by atoms with Crippen LogP contribution in [0.1, 0.15) is 43.3 Å². The van der Waals surface area contributed by atoms with Gasteiger partial charge in [-0.3, -0.25) is 0 Å². The van der Waals surface area contributed by atoms with Crippen LogP contribution in [0.5, 0.6) is 0 Å². The van der Waals surface area contributed by atoms with E-state index < -0.39 is 0 Å². The summed E-state index contributed by atoms with van der Waals surface area (Å²) < 4.78 is 2.27. The molecule has 2 aliphatic heterocycles. The first-order valence-corrected chi connectivity index (χ1v) is 7.49. The zero-order chi connectivity index (χ0) is 13.2. The summed E-state index contributed by atoms with van der Waals surface area (Å²) in [7, 11) is 2.20. The fourth-order valence-electron chi connectivity index (χ4n) is 3.37. The number of aromatic nitrogens is 3. The molecule has 0 radical (unpaired) electrons. The second-order valence-electron chi connectivity index (χ2n) is 6.10. The van der Waals surface area contributed by atoms with E-state index in [2.05, 4.69) is 26.7 Å². The number of piperidine rings is 1. The Hall–Kier alpha value is -0.940. The van der Waals surface area contributed by atoms with E-state index in [1.165, 1.54) is 25.9 Å². The highest BCUT2D eigenvalue weighted by Gasteiger charge is 2.26. The van der Waals surface area contributed by atoms with E-state index in [4.69, 9.17) is 0 Å². The molecule has 0 aromatic carbocycles. The van der Waals surface area contributed by atoms with E-state index in [0.29, 0.717) is 0 Å². The molecule has 3 rings (SSSR count). The van der Waals surface area contributed by atoms with Crippen LogP contribution in [-0.4, -0.2) is 51.5 Å². The lowest BCUT2D eigenvalue weighted by Gasteiger charge is -2.29. The second kappa shape index (κ2) is 5.59.